The average molecular weight is 354 g/mol. The molecule has 2 aromatic heterocycles. The lowest BCUT2D eigenvalue weighted by Crippen LogP contribution is -2.19. The molecule has 1 amide bonds. The standard InChI is InChI=1S/C12H12BrN5O3/c13-8-1-3-10(14-5-8)15-11(19)7-18-6-9(16-17-18)2-4-12(20)21/h1,3,5-6H,2,4,7H2,(H,20,21)(H,14,15,19). The normalized spacial score (nSPS) is 10.3. The van der Waals surface area contributed by atoms with Gasteiger partial charge in [0.2, 0.25) is 5.91 Å². The number of hydrogen-bond donors (Lipinski definition) is 2. The zero-order valence-electron chi connectivity index (χ0n) is 10.9. The van der Waals surface area contributed by atoms with Crippen LogP contribution >= 0.6 is 15.9 Å². The van der Waals surface area contributed by atoms with E-state index in [4.69, 9.17) is 5.11 Å². The van der Waals surface area contributed by atoms with Gasteiger partial charge in [0.05, 0.1) is 12.1 Å². The van der Waals surface area contributed by atoms with Crippen molar-refractivity contribution in [1.82, 2.24) is 20.0 Å². The number of amides is 1. The summed E-state index contributed by atoms with van der Waals surface area (Å²) >= 11 is 3.25. The Balaban J connectivity index is 1.87. The molecule has 0 saturated carbocycles. The summed E-state index contributed by atoms with van der Waals surface area (Å²) in [6.07, 6.45) is 3.39. The molecular formula is C12H12BrN5O3. The molecule has 0 aromatic carbocycles. The van der Waals surface area contributed by atoms with Crippen molar-refractivity contribution in [2.24, 2.45) is 0 Å². The number of halogens is 1. The number of aromatic nitrogens is 4. The van der Waals surface area contributed by atoms with Crippen molar-refractivity contribution in [2.45, 2.75) is 19.4 Å². The number of aryl methyl sites for hydroxylation is 1. The number of nitrogens with one attached hydrogen (secondary N) is 1. The van der Waals surface area contributed by atoms with Crippen LogP contribution in [0.1, 0.15) is 12.1 Å². The highest BCUT2D eigenvalue weighted by molar-refractivity contribution is 9.10. The Morgan fingerprint density at radius 2 is 2.19 bits per heavy atom. The van der Waals surface area contributed by atoms with Gasteiger partial charge in [0.25, 0.3) is 0 Å². The summed E-state index contributed by atoms with van der Waals surface area (Å²) in [4.78, 5) is 26.3. The lowest BCUT2D eigenvalue weighted by Gasteiger charge is -2.03. The van der Waals surface area contributed by atoms with E-state index in [1.165, 1.54) is 4.68 Å². The van der Waals surface area contributed by atoms with Gasteiger partial charge in [0, 0.05) is 23.3 Å². The molecule has 0 unspecified atom stereocenters. The van der Waals surface area contributed by atoms with Crippen LogP contribution in [-0.4, -0.2) is 37.0 Å². The average Bonchev–Trinajstić information content (AvgIpc) is 2.86. The first kappa shape index (κ1) is 15.1. The van der Waals surface area contributed by atoms with Crippen molar-refractivity contribution < 1.29 is 14.7 Å². The molecular weight excluding hydrogens is 342 g/mol. The smallest absolute Gasteiger partial charge is 0.303 e. The number of carboxylic acids is 1. The molecule has 0 bridgehead atoms. The summed E-state index contributed by atoms with van der Waals surface area (Å²) in [5.74, 6) is -0.752. The van der Waals surface area contributed by atoms with Crippen LogP contribution < -0.4 is 5.32 Å². The maximum absolute atomic E-state index is 11.8. The third-order valence-electron chi connectivity index (χ3n) is 2.48. The van der Waals surface area contributed by atoms with Gasteiger partial charge in [-0.05, 0) is 28.1 Å². The van der Waals surface area contributed by atoms with E-state index in [-0.39, 0.29) is 25.3 Å². The van der Waals surface area contributed by atoms with Gasteiger partial charge >= 0.3 is 5.97 Å². The molecule has 0 aliphatic carbocycles. The van der Waals surface area contributed by atoms with Crippen LogP contribution in [0.2, 0.25) is 0 Å². The van der Waals surface area contributed by atoms with E-state index in [1.807, 2.05) is 0 Å². The highest BCUT2D eigenvalue weighted by atomic mass is 79.9. The summed E-state index contributed by atoms with van der Waals surface area (Å²) in [6, 6.07) is 3.43. The summed E-state index contributed by atoms with van der Waals surface area (Å²) in [6.45, 7) is -0.0161. The maximum atomic E-state index is 11.8. The molecule has 110 valence electrons. The molecule has 8 nitrogen and oxygen atoms in total. The second-order valence-corrected chi connectivity index (χ2v) is 5.13. The highest BCUT2D eigenvalue weighted by Gasteiger charge is 2.08. The molecule has 0 aliphatic rings. The molecule has 0 spiro atoms. The lowest BCUT2D eigenvalue weighted by atomic mass is 10.2. The van der Waals surface area contributed by atoms with Crippen molar-refractivity contribution in [3.63, 3.8) is 0 Å². The predicted octanol–water partition coefficient (Wildman–Crippen LogP) is 1.09. The summed E-state index contributed by atoms with van der Waals surface area (Å²) < 4.78 is 2.17. The second kappa shape index (κ2) is 6.93. The third kappa shape index (κ3) is 4.95. The molecule has 0 atom stereocenters. The van der Waals surface area contributed by atoms with Gasteiger partial charge in [-0.3, -0.25) is 9.59 Å². The van der Waals surface area contributed by atoms with E-state index in [0.29, 0.717) is 11.5 Å². The number of pyridine rings is 1. The number of rotatable bonds is 6. The summed E-state index contributed by atoms with van der Waals surface area (Å²) in [5, 5.41) is 18.8. The van der Waals surface area contributed by atoms with Crippen molar-refractivity contribution >= 4 is 33.6 Å². The maximum Gasteiger partial charge on any atom is 0.303 e. The van der Waals surface area contributed by atoms with Crippen LogP contribution in [-0.2, 0) is 22.6 Å². The van der Waals surface area contributed by atoms with E-state index in [2.05, 4.69) is 36.5 Å². The first-order valence-electron chi connectivity index (χ1n) is 6.05. The number of nitrogens with zero attached hydrogens (tertiary/aromatic N) is 4. The zero-order valence-corrected chi connectivity index (χ0v) is 12.4. The minimum absolute atomic E-state index is 0.0161. The highest BCUT2D eigenvalue weighted by Crippen LogP contribution is 2.10. The van der Waals surface area contributed by atoms with E-state index in [0.717, 1.165) is 4.47 Å². The van der Waals surface area contributed by atoms with Gasteiger partial charge in [0.15, 0.2) is 0 Å². The molecule has 9 heteroatoms. The Kier molecular flexibility index (Phi) is 4.99. The monoisotopic (exact) mass is 353 g/mol. The number of carboxylic acid groups (broad SMARTS) is 1. The summed E-state index contributed by atoms with van der Waals surface area (Å²) in [5.41, 5.74) is 0.534. The molecule has 2 rings (SSSR count). The topological polar surface area (TPSA) is 110 Å². The molecule has 2 heterocycles. The predicted molar refractivity (Wildman–Crippen MR) is 76.5 cm³/mol. The van der Waals surface area contributed by atoms with Crippen LogP contribution in [0.5, 0.6) is 0 Å². The number of carbonyl (C=O) groups is 2. The van der Waals surface area contributed by atoms with E-state index < -0.39 is 5.97 Å². The van der Waals surface area contributed by atoms with Crippen LogP contribution in [0.4, 0.5) is 5.82 Å². The third-order valence-corrected chi connectivity index (χ3v) is 2.95. The molecule has 21 heavy (non-hydrogen) atoms. The summed E-state index contributed by atoms with van der Waals surface area (Å²) in [7, 11) is 0. The van der Waals surface area contributed by atoms with Crippen LogP contribution in [0.25, 0.3) is 0 Å². The van der Waals surface area contributed by atoms with Crippen molar-refractivity contribution in [1.29, 1.82) is 0 Å². The zero-order chi connectivity index (χ0) is 15.2. The quantitative estimate of drug-likeness (QED) is 0.804. The number of anilines is 1. The Hall–Kier alpha value is -2.29. The van der Waals surface area contributed by atoms with Gasteiger partial charge in [-0.25, -0.2) is 9.67 Å². The Morgan fingerprint density at radius 3 is 2.86 bits per heavy atom. The first-order chi connectivity index (χ1) is 10.0. The Morgan fingerprint density at radius 1 is 1.38 bits per heavy atom. The molecule has 0 saturated heterocycles. The SMILES string of the molecule is O=C(O)CCc1cn(CC(=O)Nc2ccc(Br)cn2)nn1. The molecule has 2 N–H and O–H groups in total. The van der Waals surface area contributed by atoms with Crippen molar-refractivity contribution in [3.8, 4) is 0 Å². The number of carbonyl (C=O) groups excluding carboxylic acids is 1. The molecule has 0 radical (unpaired) electrons. The van der Waals surface area contributed by atoms with Gasteiger partial charge in [-0.1, -0.05) is 5.21 Å². The van der Waals surface area contributed by atoms with E-state index in [9.17, 15) is 9.59 Å². The van der Waals surface area contributed by atoms with Crippen LogP contribution in [0.15, 0.2) is 29.0 Å². The van der Waals surface area contributed by atoms with Gasteiger partial charge < -0.3 is 10.4 Å². The van der Waals surface area contributed by atoms with E-state index in [1.54, 1.807) is 24.5 Å². The molecule has 0 fully saturated rings. The Labute approximate surface area is 128 Å². The fourth-order valence-corrected chi connectivity index (χ4v) is 1.78. The van der Waals surface area contributed by atoms with Gasteiger partial charge in [-0.15, -0.1) is 5.10 Å². The van der Waals surface area contributed by atoms with Gasteiger partial charge in [-0.2, -0.15) is 0 Å². The Bertz CT molecular complexity index is 641. The van der Waals surface area contributed by atoms with E-state index >= 15 is 0 Å². The van der Waals surface area contributed by atoms with Crippen LogP contribution in [0.3, 0.4) is 0 Å². The van der Waals surface area contributed by atoms with Crippen LogP contribution in [0, 0.1) is 0 Å². The number of aliphatic carboxylic acids is 1. The van der Waals surface area contributed by atoms with Crippen molar-refractivity contribution in [3.05, 3.63) is 34.7 Å². The first-order valence-corrected chi connectivity index (χ1v) is 6.84. The fraction of sp³-hybridized carbons (Fsp3) is 0.250. The molecule has 2 aromatic rings. The van der Waals surface area contributed by atoms with Gasteiger partial charge in [0.1, 0.15) is 12.4 Å². The number of hydrogen-bond acceptors (Lipinski definition) is 5. The minimum Gasteiger partial charge on any atom is -0.481 e. The lowest BCUT2D eigenvalue weighted by molar-refractivity contribution is -0.137. The van der Waals surface area contributed by atoms with Crippen molar-refractivity contribution in [2.75, 3.05) is 5.32 Å². The fourth-order valence-electron chi connectivity index (χ4n) is 1.54. The minimum atomic E-state index is -0.899. The molecule has 0 aliphatic heterocycles. The largest absolute Gasteiger partial charge is 0.481 e. The second-order valence-electron chi connectivity index (χ2n) is 4.21.